The molecule has 2 N–H and O–H groups in total. The third-order valence-electron chi connectivity index (χ3n) is 9.88. The first-order chi connectivity index (χ1) is 24.5. The normalized spacial score (nSPS) is 24.6. The molecule has 0 spiro atoms. The highest BCUT2D eigenvalue weighted by Crippen LogP contribution is 2.38. The molecule has 2 aromatic rings. The number of hydrogen-bond donors (Lipinski definition) is 2. The third-order valence-corrected chi connectivity index (χ3v) is 12.1. The Labute approximate surface area is 306 Å². The van der Waals surface area contributed by atoms with Gasteiger partial charge >= 0.3 is 0 Å². The molecule has 0 aromatic heterocycles. The lowest BCUT2D eigenvalue weighted by molar-refractivity contribution is -0.132. The van der Waals surface area contributed by atoms with Crippen molar-refractivity contribution in [3.05, 3.63) is 70.3 Å². The van der Waals surface area contributed by atoms with Gasteiger partial charge in [0.15, 0.2) is 0 Å². The average Bonchev–Trinajstić information content (AvgIpc) is 3.13. The lowest BCUT2D eigenvalue weighted by Gasteiger charge is -2.38. The van der Waals surface area contributed by atoms with E-state index in [4.69, 9.17) is 30.5 Å². The summed E-state index contributed by atoms with van der Waals surface area (Å²) in [6.45, 7) is 4.78. The second-order valence-electron chi connectivity index (χ2n) is 13.9. The second-order valence-corrected chi connectivity index (χ2v) is 16.4. The molecule has 1 saturated carbocycles. The summed E-state index contributed by atoms with van der Waals surface area (Å²) in [6.07, 6.45) is 7.65. The summed E-state index contributed by atoms with van der Waals surface area (Å²) in [5.74, 6) is -0.145. The van der Waals surface area contributed by atoms with Gasteiger partial charge in [-0.25, -0.2) is 8.60 Å². The number of carbonyl (C=O) groups excluding carboxylic acids is 2. The van der Waals surface area contributed by atoms with E-state index in [0.29, 0.717) is 60.9 Å². The van der Waals surface area contributed by atoms with Crippen LogP contribution in [-0.2, 0) is 41.9 Å². The van der Waals surface area contributed by atoms with Crippen molar-refractivity contribution in [1.29, 1.82) is 0 Å². The fraction of sp³-hybridized carbons (Fsp3) is 0.579. The standard InChI is InChI=1S/C38H51ClFN3O7S/c1-25(7-6-9-34(47-3)31-14-10-26(31)2)24-51(46,42-37(44)23-50-35-16-18-48-22-32(35)40)43-38(45)28-12-15-36-33(20-28)41-21-29-11-13-30(39)19-27(29)8-4-5-17-49-36/h6,9,11-13,15,19-20,25-26,31-32,34-35,41H,4-5,7-8,10,14,16-18,21-24H2,1-3H3,(H,42,43,44,45,46)/b9-6+/t25-,26+,31+,32+,34-,35-,51?/m0/s1. The maximum Gasteiger partial charge on any atom is 0.286 e. The van der Waals surface area contributed by atoms with E-state index >= 15 is 0 Å². The minimum absolute atomic E-state index is 0.00244. The van der Waals surface area contributed by atoms with Crippen LogP contribution in [-0.4, -0.2) is 73.7 Å². The number of ether oxygens (including phenoxy) is 4. The van der Waals surface area contributed by atoms with Crippen LogP contribution in [0.3, 0.4) is 0 Å². The quantitative estimate of drug-likeness (QED) is 0.221. The molecule has 280 valence electrons. The zero-order valence-corrected chi connectivity index (χ0v) is 31.3. The first-order valence-corrected chi connectivity index (χ1v) is 20.0. The lowest BCUT2D eigenvalue weighted by atomic mass is 9.71. The Kier molecular flexibility index (Phi) is 14.3. The fourth-order valence-corrected chi connectivity index (χ4v) is 8.84. The molecule has 5 rings (SSSR count). The van der Waals surface area contributed by atoms with Gasteiger partial charge in [-0.1, -0.05) is 43.7 Å². The second kappa shape index (κ2) is 18.6. The van der Waals surface area contributed by atoms with Gasteiger partial charge in [0.2, 0.25) is 0 Å². The van der Waals surface area contributed by atoms with Crippen molar-refractivity contribution in [1.82, 2.24) is 4.72 Å². The van der Waals surface area contributed by atoms with Crippen molar-refractivity contribution in [3.63, 3.8) is 0 Å². The molecule has 2 fully saturated rings. The van der Waals surface area contributed by atoms with Crippen LogP contribution >= 0.6 is 11.6 Å². The molecule has 3 aliphatic rings. The van der Waals surface area contributed by atoms with Gasteiger partial charge < -0.3 is 24.3 Å². The first kappa shape index (κ1) is 39.2. The van der Waals surface area contributed by atoms with Crippen molar-refractivity contribution >= 4 is 39.0 Å². The molecule has 1 unspecified atom stereocenters. The number of allylic oxidation sites excluding steroid dienone is 1. The number of rotatable bonds is 12. The molecule has 0 bridgehead atoms. The number of alkyl halides is 1. The van der Waals surface area contributed by atoms with Gasteiger partial charge in [-0.15, -0.1) is 4.36 Å². The maximum atomic E-state index is 14.4. The maximum absolute atomic E-state index is 14.4. The number of hydrogen-bond acceptors (Lipinski definition) is 8. The van der Waals surface area contributed by atoms with Crippen LogP contribution in [0.15, 0.2) is 52.9 Å². The third kappa shape index (κ3) is 11.2. The summed E-state index contributed by atoms with van der Waals surface area (Å²) in [5, 5.41) is 4.07. The van der Waals surface area contributed by atoms with Crippen molar-refractivity contribution in [3.8, 4) is 5.75 Å². The van der Waals surface area contributed by atoms with Crippen LogP contribution in [0.5, 0.6) is 5.75 Å². The largest absolute Gasteiger partial charge is 0.491 e. The Morgan fingerprint density at radius 1 is 1.16 bits per heavy atom. The lowest BCUT2D eigenvalue weighted by Crippen LogP contribution is -2.41. The highest BCUT2D eigenvalue weighted by Gasteiger charge is 2.33. The summed E-state index contributed by atoms with van der Waals surface area (Å²) in [6, 6.07) is 10.7. The van der Waals surface area contributed by atoms with Gasteiger partial charge in [0, 0.05) is 30.8 Å². The molecule has 10 nitrogen and oxygen atoms in total. The first-order valence-electron chi connectivity index (χ1n) is 17.9. The molecular weight excluding hydrogens is 697 g/mol. The molecule has 1 saturated heterocycles. The van der Waals surface area contributed by atoms with Crippen LogP contribution < -0.4 is 14.8 Å². The van der Waals surface area contributed by atoms with E-state index in [1.165, 1.54) is 6.42 Å². The molecule has 0 radical (unpaired) electrons. The minimum Gasteiger partial charge on any atom is -0.491 e. The van der Waals surface area contributed by atoms with Crippen LogP contribution in [0, 0.1) is 17.8 Å². The highest BCUT2D eigenvalue weighted by atomic mass is 35.5. The van der Waals surface area contributed by atoms with Gasteiger partial charge in [0.05, 0.1) is 36.9 Å². The van der Waals surface area contributed by atoms with Crippen molar-refractivity contribution in [2.45, 2.75) is 83.7 Å². The summed E-state index contributed by atoms with van der Waals surface area (Å²) in [4.78, 5) is 26.8. The Hall–Kier alpha value is -3.03. The molecule has 13 heteroatoms. The number of nitrogens with zero attached hydrogens (tertiary/aromatic N) is 1. The molecule has 2 aromatic carbocycles. The predicted octanol–water partition coefficient (Wildman–Crippen LogP) is 7.09. The van der Waals surface area contributed by atoms with E-state index in [1.807, 2.05) is 37.3 Å². The number of nitrogens with one attached hydrogen (secondary N) is 2. The summed E-state index contributed by atoms with van der Waals surface area (Å²) in [7, 11) is -1.92. The number of amides is 2. The van der Waals surface area contributed by atoms with Gasteiger partial charge in [-0.3, -0.25) is 14.3 Å². The molecule has 7 atom stereocenters. The smallest absolute Gasteiger partial charge is 0.286 e. The highest BCUT2D eigenvalue weighted by molar-refractivity contribution is 7.92. The van der Waals surface area contributed by atoms with Crippen LogP contribution in [0.4, 0.5) is 10.1 Å². The van der Waals surface area contributed by atoms with Crippen molar-refractivity contribution in [2.75, 3.05) is 44.6 Å². The van der Waals surface area contributed by atoms with E-state index in [0.717, 1.165) is 36.8 Å². The Morgan fingerprint density at radius 2 is 2.00 bits per heavy atom. The van der Waals surface area contributed by atoms with Crippen LogP contribution in [0.2, 0.25) is 5.02 Å². The summed E-state index contributed by atoms with van der Waals surface area (Å²) in [5.41, 5.74) is 3.01. The van der Waals surface area contributed by atoms with Gasteiger partial charge in [0.25, 0.3) is 11.8 Å². The summed E-state index contributed by atoms with van der Waals surface area (Å²) >= 11 is 6.28. The number of methoxy groups -OCH3 is 1. The van der Waals surface area contributed by atoms with E-state index in [1.54, 1.807) is 25.3 Å². The SMILES string of the molecule is CO[C@@H](/C=C/C[C@H](C)CS(=O)(=NC(=O)c1ccc2c(c1)NCc1ccc(Cl)cc1CCCCO2)NC(=O)CO[C@H]1CCOC[C@H]1F)[C@@H]1CC[C@H]1C. The number of aryl methyl sites for hydroxylation is 1. The molecule has 2 aliphatic heterocycles. The molecule has 51 heavy (non-hydrogen) atoms. The number of fused-ring (bicyclic) bond motifs is 2. The van der Waals surface area contributed by atoms with Crippen molar-refractivity contribution < 1.29 is 37.1 Å². The molecule has 2 amide bonds. The minimum atomic E-state index is -3.62. The number of carbonyl (C=O) groups is 2. The number of benzene rings is 2. The van der Waals surface area contributed by atoms with E-state index in [-0.39, 0.29) is 29.9 Å². The zero-order valence-electron chi connectivity index (χ0n) is 29.7. The molecular formula is C38H51ClFN3O7S. The van der Waals surface area contributed by atoms with Gasteiger partial charge in [-0.05, 0) is 104 Å². The van der Waals surface area contributed by atoms with Gasteiger partial charge in [-0.2, -0.15) is 0 Å². The van der Waals surface area contributed by atoms with E-state index in [9.17, 15) is 18.2 Å². The Bertz CT molecular complexity index is 1670. The topological polar surface area (TPSA) is 125 Å². The number of halogens is 2. The summed E-state index contributed by atoms with van der Waals surface area (Å²) < 4.78 is 57.6. The average molecular weight is 748 g/mol. The van der Waals surface area contributed by atoms with Crippen LogP contribution in [0.25, 0.3) is 0 Å². The predicted molar refractivity (Wildman–Crippen MR) is 197 cm³/mol. The van der Waals surface area contributed by atoms with E-state index in [2.05, 4.69) is 21.3 Å². The van der Waals surface area contributed by atoms with E-state index < -0.39 is 40.6 Å². The Balaban J connectivity index is 1.34. The molecule has 1 aliphatic carbocycles. The number of anilines is 1. The zero-order chi connectivity index (χ0) is 36.4. The monoisotopic (exact) mass is 747 g/mol. The van der Waals surface area contributed by atoms with Crippen LogP contribution in [0.1, 0.15) is 73.9 Å². The van der Waals surface area contributed by atoms with Crippen molar-refractivity contribution in [2.24, 2.45) is 22.1 Å². The Morgan fingerprint density at radius 3 is 2.75 bits per heavy atom. The fourth-order valence-electron chi connectivity index (χ4n) is 6.74. The van der Waals surface area contributed by atoms with Gasteiger partial charge in [0.1, 0.15) is 28.4 Å². The molecule has 2 heterocycles.